The Labute approximate surface area is 157 Å². The molecule has 0 atom stereocenters. The van der Waals surface area contributed by atoms with E-state index in [1.54, 1.807) is 17.7 Å². The molecule has 2 heterocycles. The second-order valence-electron chi connectivity index (χ2n) is 6.06. The number of hydrogen-bond acceptors (Lipinski definition) is 7. The maximum absolute atomic E-state index is 11.6. The summed E-state index contributed by atoms with van der Waals surface area (Å²) in [7, 11) is 0. The molecule has 4 rings (SSSR count). The molecular weight excluding hydrogens is 366 g/mol. The summed E-state index contributed by atoms with van der Waals surface area (Å²) in [6.07, 6.45) is 0. The molecule has 0 saturated heterocycles. The maximum Gasteiger partial charge on any atom is 0.315 e. The number of non-ortho nitro benzene ring substituents is 1. The Balaban J connectivity index is 1.85. The van der Waals surface area contributed by atoms with Gasteiger partial charge in [0.25, 0.3) is 5.69 Å². The summed E-state index contributed by atoms with van der Waals surface area (Å²) >= 11 is 0. The van der Waals surface area contributed by atoms with Gasteiger partial charge in [0.05, 0.1) is 27.6 Å². The number of fused-ring (bicyclic) bond motifs is 1. The van der Waals surface area contributed by atoms with Gasteiger partial charge in [0.1, 0.15) is 16.9 Å². The van der Waals surface area contributed by atoms with Crippen molar-refractivity contribution in [2.75, 3.05) is 0 Å². The van der Waals surface area contributed by atoms with Gasteiger partial charge in [-0.3, -0.25) is 20.2 Å². The van der Waals surface area contributed by atoms with Crippen molar-refractivity contribution in [2.45, 2.75) is 13.5 Å². The molecule has 0 amide bonds. The van der Waals surface area contributed by atoms with Crippen molar-refractivity contribution < 1.29 is 9.85 Å². The van der Waals surface area contributed by atoms with Crippen molar-refractivity contribution in [3.05, 3.63) is 80.1 Å². The molecule has 0 unspecified atom stereocenters. The van der Waals surface area contributed by atoms with Gasteiger partial charge < -0.3 is 0 Å². The average Bonchev–Trinajstić information content (AvgIpc) is 3.23. The number of nitro benzene ring substituents is 1. The first-order valence-electron chi connectivity index (χ1n) is 8.21. The molecule has 4 aromatic rings. The van der Waals surface area contributed by atoms with Gasteiger partial charge in [-0.25, -0.2) is 9.36 Å². The molecule has 0 aliphatic rings. The molecule has 2 aromatic carbocycles. The minimum atomic E-state index is -0.511. The highest BCUT2D eigenvalue weighted by molar-refractivity contribution is 5.74. The van der Waals surface area contributed by atoms with Crippen molar-refractivity contribution in [1.82, 2.24) is 24.8 Å². The lowest BCUT2D eigenvalue weighted by atomic mass is 10.2. The summed E-state index contributed by atoms with van der Waals surface area (Å²) in [6.45, 7) is 1.61. The molecule has 0 aliphatic carbocycles. The Hall–Kier alpha value is -4.15. The van der Waals surface area contributed by atoms with Crippen molar-refractivity contribution in [3.63, 3.8) is 0 Å². The van der Waals surface area contributed by atoms with E-state index in [4.69, 9.17) is 0 Å². The fourth-order valence-electron chi connectivity index (χ4n) is 3.05. The zero-order chi connectivity index (χ0) is 19.8. The van der Waals surface area contributed by atoms with E-state index in [-0.39, 0.29) is 23.6 Å². The normalized spacial score (nSPS) is 11.0. The summed E-state index contributed by atoms with van der Waals surface area (Å²) in [4.78, 5) is 21.5. The number of para-hydroxylation sites is 1. The highest BCUT2D eigenvalue weighted by Crippen LogP contribution is 2.28. The van der Waals surface area contributed by atoms with E-state index in [1.165, 1.54) is 28.9 Å². The van der Waals surface area contributed by atoms with Gasteiger partial charge in [0.2, 0.25) is 0 Å². The van der Waals surface area contributed by atoms with Gasteiger partial charge in [-0.1, -0.05) is 17.3 Å². The molecule has 11 heteroatoms. The van der Waals surface area contributed by atoms with Gasteiger partial charge >= 0.3 is 5.69 Å². The highest BCUT2D eigenvalue weighted by Gasteiger charge is 2.27. The third-order valence-corrected chi connectivity index (χ3v) is 4.33. The fourth-order valence-corrected chi connectivity index (χ4v) is 3.05. The summed E-state index contributed by atoms with van der Waals surface area (Å²) in [5.74, 6) is 0. The second kappa shape index (κ2) is 6.54. The third-order valence-electron chi connectivity index (χ3n) is 4.33. The van der Waals surface area contributed by atoms with Crippen molar-refractivity contribution in [3.8, 4) is 5.69 Å². The molecule has 0 N–H and O–H groups in total. The van der Waals surface area contributed by atoms with Gasteiger partial charge in [0, 0.05) is 12.1 Å². The van der Waals surface area contributed by atoms with Crippen LogP contribution in [0.5, 0.6) is 0 Å². The number of nitrogens with zero attached hydrogens (tertiary/aromatic N) is 7. The van der Waals surface area contributed by atoms with Crippen LogP contribution in [0.25, 0.3) is 16.7 Å². The first-order valence-corrected chi connectivity index (χ1v) is 8.21. The predicted molar refractivity (Wildman–Crippen MR) is 98.2 cm³/mol. The molecule has 2 aromatic heterocycles. The lowest BCUT2D eigenvalue weighted by Gasteiger charge is -2.07. The number of rotatable bonds is 5. The number of aromatic nitrogens is 5. The van der Waals surface area contributed by atoms with Crippen LogP contribution < -0.4 is 0 Å². The molecule has 0 spiro atoms. The van der Waals surface area contributed by atoms with E-state index in [0.29, 0.717) is 16.9 Å². The standard InChI is InChI=1S/C17H13N7O4/c1-11-17(24(27)28)16(10-21-15-5-3-2-4-14(15)18-20-21)22(19-11)12-6-8-13(9-7-12)23(25)26/h2-9H,10H2,1H3. The molecule has 0 radical (unpaired) electrons. The van der Waals surface area contributed by atoms with Crippen LogP contribution in [0.15, 0.2) is 48.5 Å². The van der Waals surface area contributed by atoms with Crippen LogP contribution in [0.2, 0.25) is 0 Å². The van der Waals surface area contributed by atoms with E-state index in [9.17, 15) is 20.2 Å². The van der Waals surface area contributed by atoms with Crippen LogP contribution in [0.1, 0.15) is 11.4 Å². The van der Waals surface area contributed by atoms with Gasteiger partial charge in [-0.05, 0) is 31.2 Å². The molecule has 0 saturated carbocycles. The van der Waals surface area contributed by atoms with Crippen LogP contribution in [0, 0.1) is 27.2 Å². The van der Waals surface area contributed by atoms with E-state index in [1.807, 2.05) is 18.2 Å². The van der Waals surface area contributed by atoms with Crippen LogP contribution >= 0.6 is 0 Å². The lowest BCUT2D eigenvalue weighted by molar-refractivity contribution is -0.386. The first-order chi connectivity index (χ1) is 13.5. The minimum absolute atomic E-state index is 0.0641. The molecule has 11 nitrogen and oxygen atoms in total. The monoisotopic (exact) mass is 379 g/mol. The van der Waals surface area contributed by atoms with Gasteiger partial charge in [-0.2, -0.15) is 5.10 Å². The Kier molecular flexibility index (Phi) is 4.03. The third kappa shape index (κ3) is 2.84. The van der Waals surface area contributed by atoms with E-state index < -0.39 is 9.85 Å². The van der Waals surface area contributed by atoms with Gasteiger partial charge in [-0.15, -0.1) is 5.10 Å². The smallest absolute Gasteiger partial charge is 0.258 e. The Bertz CT molecular complexity index is 1210. The summed E-state index contributed by atoms with van der Waals surface area (Å²) in [6, 6.07) is 12.9. The van der Waals surface area contributed by atoms with Crippen LogP contribution in [0.4, 0.5) is 11.4 Å². The van der Waals surface area contributed by atoms with Crippen molar-refractivity contribution in [2.24, 2.45) is 0 Å². The number of nitro groups is 2. The second-order valence-corrected chi connectivity index (χ2v) is 6.06. The van der Waals surface area contributed by atoms with E-state index >= 15 is 0 Å². The van der Waals surface area contributed by atoms with Crippen LogP contribution in [0.3, 0.4) is 0 Å². The summed E-state index contributed by atoms with van der Waals surface area (Å²) in [5.41, 5.74) is 2.20. The molecule has 28 heavy (non-hydrogen) atoms. The number of benzene rings is 2. The molecule has 0 aliphatic heterocycles. The Morgan fingerprint density at radius 3 is 2.39 bits per heavy atom. The molecule has 0 bridgehead atoms. The Morgan fingerprint density at radius 2 is 1.71 bits per heavy atom. The predicted octanol–water partition coefficient (Wildman–Crippen LogP) is 2.79. The zero-order valence-electron chi connectivity index (χ0n) is 14.6. The first kappa shape index (κ1) is 17.3. The van der Waals surface area contributed by atoms with Crippen molar-refractivity contribution in [1.29, 1.82) is 0 Å². The molecular formula is C17H13N7O4. The van der Waals surface area contributed by atoms with E-state index in [0.717, 1.165) is 5.52 Å². The summed E-state index contributed by atoms with van der Waals surface area (Å²) in [5, 5.41) is 34.9. The molecule has 140 valence electrons. The quantitative estimate of drug-likeness (QED) is 0.384. The average molecular weight is 379 g/mol. The number of hydrogen-bond donors (Lipinski definition) is 0. The summed E-state index contributed by atoms with van der Waals surface area (Å²) < 4.78 is 2.97. The highest BCUT2D eigenvalue weighted by atomic mass is 16.6. The zero-order valence-corrected chi connectivity index (χ0v) is 14.6. The van der Waals surface area contributed by atoms with E-state index in [2.05, 4.69) is 15.4 Å². The Morgan fingerprint density at radius 1 is 1.00 bits per heavy atom. The topological polar surface area (TPSA) is 135 Å². The fraction of sp³-hybridized carbons (Fsp3) is 0.118. The number of aryl methyl sites for hydroxylation is 1. The lowest BCUT2D eigenvalue weighted by Crippen LogP contribution is -2.10. The maximum atomic E-state index is 11.6. The van der Waals surface area contributed by atoms with Crippen molar-refractivity contribution >= 4 is 22.4 Å². The van der Waals surface area contributed by atoms with Gasteiger partial charge in [0.15, 0.2) is 0 Å². The van der Waals surface area contributed by atoms with Crippen LogP contribution in [-0.2, 0) is 6.54 Å². The minimum Gasteiger partial charge on any atom is -0.258 e. The van der Waals surface area contributed by atoms with Crippen LogP contribution in [-0.4, -0.2) is 34.6 Å². The largest absolute Gasteiger partial charge is 0.315 e. The SMILES string of the molecule is Cc1nn(-c2ccc([N+](=O)[O-])cc2)c(Cn2nnc3ccccc32)c1[N+](=O)[O-]. The molecule has 0 fully saturated rings.